The van der Waals surface area contributed by atoms with E-state index in [0.717, 1.165) is 33.8 Å². The van der Waals surface area contributed by atoms with Crippen molar-refractivity contribution in [2.24, 2.45) is 0 Å². The smallest absolute Gasteiger partial charge is 0.0541 e. The molecule has 428 valence electrons. The third kappa shape index (κ3) is 9.01. The highest BCUT2D eigenvalue weighted by atomic mass is 15.1. The number of aromatic nitrogens is 1. The minimum atomic E-state index is -0.299. The SMILES string of the molecule is CC1(C)c2cc(-c3c4ccccc4c(-c4ccccc4-c4ccccc4)c4ccccc34)ccc2-c2ccc(N(c3ccccc3)c3ccc(-n4c5ccc(-c6ccccc6-c6ccccc6)cc5c5cc(-c6ccccc6-c6ccccc6)ccc54)cc3)cc21. The summed E-state index contributed by atoms with van der Waals surface area (Å²) >= 11 is 0. The van der Waals surface area contributed by atoms with Gasteiger partial charge in [-0.15, -0.1) is 0 Å². The molecule has 0 fully saturated rings. The van der Waals surface area contributed by atoms with Crippen molar-refractivity contribution in [1.82, 2.24) is 4.57 Å². The first-order valence-electron chi connectivity index (χ1n) is 31.6. The number of hydrogen-bond acceptors (Lipinski definition) is 1. The fraction of sp³-hybridized carbons (Fsp3) is 0.0337. The molecular formula is C89H62N2. The zero-order chi connectivity index (χ0) is 60.6. The standard InChI is InChI=1S/C89H62N2/c1-89(2)83-57-64(87-77-39-21-23-41-79(77)88(80-42-24-22-40-78(80)87)76-38-20-19-35-71(76)61-29-11-5-12-30-61)43-51-74(83)75-52-50-68(58-84(75)89)90(65-31-13-6-14-32-65)66-46-48-67(49-47-66)91-85-53-44-62(72-36-17-15-33-69(72)59-25-7-3-8-26-59)55-81(85)82-56-63(45-54-86(82)91)73-37-18-16-34-70(73)60-27-9-4-10-28-60/h3-58H,1-2H3. The molecule has 15 aromatic carbocycles. The van der Waals surface area contributed by atoms with Gasteiger partial charge in [0.25, 0.3) is 0 Å². The minimum absolute atomic E-state index is 0.299. The number of hydrogen-bond donors (Lipinski definition) is 0. The fourth-order valence-corrected chi connectivity index (χ4v) is 14.9. The summed E-state index contributed by atoms with van der Waals surface area (Å²) in [6, 6.07) is 125. The molecule has 2 nitrogen and oxygen atoms in total. The van der Waals surface area contributed by atoms with Crippen LogP contribution in [-0.4, -0.2) is 4.57 Å². The molecule has 0 amide bonds. The van der Waals surface area contributed by atoms with Gasteiger partial charge in [-0.1, -0.05) is 275 Å². The van der Waals surface area contributed by atoms with Gasteiger partial charge in [-0.3, -0.25) is 0 Å². The summed E-state index contributed by atoms with van der Waals surface area (Å²) in [5, 5.41) is 7.42. The Morgan fingerprint density at radius 1 is 0.231 bits per heavy atom. The molecular weight excluding hydrogens is 1100 g/mol. The molecule has 0 N–H and O–H groups in total. The van der Waals surface area contributed by atoms with Crippen molar-refractivity contribution in [2.75, 3.05) is 4.90 Å². The van der Waals surface area contributed by atoms with E-state index in [1.807, 2.05) is 0 Å². The lowest BCUT2D eigenvalue weighted by atomic mass is 9.80. The Kier molecular flexibility index (Phi) is 12.9. The normalized spacial score (nSPS) is 12.4. The Balaban J connectivity index is 0.763. The Bertz CT molecular complexity index is 5270. The molecule has 2 heteroatoms. The van der Waals surface area contributed by atoms with Gasteiger partial charge < -0.3 is 9.47 Å². The van der Waals surface area contributed by atoms with Gasteiger partial charge >= 0.3 is 0 Å². The van der Waals surface area contributed by atoms with Crippen LogP contribution < -0.4 is 4.90 Å². The maximum absolute atomic E-state index is 2.50. The summed E-state index contributed by atoms with van der Waals surface area (Å²) < 4.78 is 2.45. The van der Waals surface area contributed by atoms with E-state index in [1.165, 1.54) is 132 Å². The molecule has 0 saturated heterocycles. The van der Waals surface area contributed by atoms with Crippen LogP contribution in [0.25, 0.3) is 138 Å². The number of benzene rings is 15. The lowest BCUT2D eigenvalue weighted by molar-refractivity contribution is 0.660. The van der Waals surface area contributed by atoms with Crippen LogP contribution in [0.2, 0.25) is 0 Å². The van der Waals surface area contributed by atoms with Crippen molar-refractivity contribution in [3.63, 3.8) is 0 Å². The van der Waals surface area contributed by atoms with E-state index in [1.54, 1.807) is 0 Å². The maximum Gasteiger partial charge on any atom is 0.0541 e. The van der Waals surface area contributed by atoms with E-state index >= 15 is 0 Å². The second-order valence-corrected chi connectivity index (χ2v) is 24.7. The predicted molar refractivity (Wildman–Crippen MR) is 386 cm³/mol. The highest BCUT2D eigenvalue weighted by Crippen LogP contribution is 2.54. The molecule has 0 aliphatic heterocycles. The molecule has 1 heterocycles. The first-order valence-corrected chi connectivity index (χ1v) is 31.6. The third-order valence-corrected chi connectivity index (χ3v) is 19.2. The average molecular weight is 1160 g/mol. The average Bonchev–Trinajstić information content (AvgIpc) is 1.73. The summed E-state index contributed by atoms with van der Waals surface area (Å²) in [6.45, 7) is 4.82. The van der Waals surface area contributed by atoms with E-state index in [9.17, 15) is 0 Å². The molecule has 0 radical (unpaired) electrons. The molecule has 1 aliphatic rings. The number of anilines is 3. The van der Waals surface area contributed by atoms with Crippen molar-refractivity contribution in [1.29, 1.82) is 0 Å². The minimum Gasteiger partial charge on any atom is -0.310 e. The summed E-state index contributed by atoms with van der Waals surface area (Å²) in [5.41, 5.74) is 28.7. The van der Waals surface area contributed by atoms with Crippen molar-refractivity contribution in [3.8, 4) is 94.7 Å². The van der Waals surface area contributed by atoms with Gasteiger partial charge in [0.2, 0.25) is 0 Å². The van der Waals surface area contributed by atoms with Crippen LogP contribution >= 0.6 is 0 Å². The van der Waals surface area contributed by atoms with Crippen molar-refractivity contribution in [3.05, 3.63) is 351 Å². The van der Waals surface area contributed by atoms with Crippen LogP contribution in [0, 0.1) is 0 Å². The summed E-state index contributed by atoms with van der Waals surface area (Å²) in [5.74, 6) is 0. The Morgan fingerprint density at radius 2 is 0.582 bits per heavy atom. The van der Waals surface area contributed by atoms with Gasteiger partial charge in [0.1, 0.15) is 0 Å². The largest absolute Gasteiger partial charge is 0.310 e. The quantitative estimate of drug-likeness (QED) is 0.117. The van der Waals surface area contributed by atoms with Crippen LogP contribution in [0.5, 0.6) is 0 Å². The molecule has 0 saturated carbocycles. The number of rotatable bonds is 11. The zero-order valence-electron chi connectivity index (χ0n) is 50.7. The topological polar surface area (TPSA) is 8.17 Å². The van der Waals surface area contributed by atoms with Crippen LogP contribution in [0.3, 0.4) is 0 Å². The summed E-state index contributed by atoms with van der Waals surface area (Å²) in [7, 11) is 0. The Morgan fingerprint density at radius 3 is 1.07 bits per heavy atom. The molecule has 1 aromatic heterocycles. The van der Waals surface area contributed by atoms with Crippen molar-refractivity contribution >= 4 is 60.4 Å². The van der Waals surface area contributed by atoms with Crippen molar-refractivity contribution in [2.45, 2.75) is 19.3 Å². The number of fused-ring (bicyclic) bond motifs is 8. The molecule has 0 spiro atoms. The second-order valence-electron chi connectivity index (χ2n) is 24.7. The second kappa shape index (κ2) is 21.9. The van der Waals surface area contributed by atoms with Crippen LogP contribution in [-0.2, 0) is 5.41 Å². The molecule has 0 unspecified atom stereocenters. The van der Waals surface area contributed by atoms with Gasteiger partial charge in [0.15, 0.2) is 0 Å². The first kappa shape index (κ1) is 53.6. The summed E-state index contributed by atoms with van der Waals surface area (Å²) in [6.07, 6.45) is 0. The lowest BCUT2D eigenvalue weighted by Crippen LogP contribution is -2.16. The number of nitrogens with zero attached hydrogens (tertiary/aromatic N) is 2. The van der Waals surface area contributed by atoms with Crippen LogP contribution in [0.1, 0.15) is 25.0 Å². The molecule has 1 aliphatic carbocycles. The molecule has 16 aromatic rings. The van der Waals surface area contributed by atoms with Gasteiger partial charge in [-0.25, -0.2) is 0 Å². The fourth-order valence-electron chi connectivity index (χ4n) is 14.9. The molecule has 91 heavy (non-hydrogen) atoms. The third-order valence-electron chi connectivity index (χ3n) is 19.2. The molecule has 0 bridgehead atoms. The van der Waals surface area contributed by atoms with Crippen molar-refractivity contribution < 1.29 is 0 Å². The monoisotopic (exact) mass is 1160 g/mol. The van der Waals surface area contributed by atoms with Gasteiger partial charge in [-0.2, -0.15) is 0 Å². The Hall–Kier alpha value is -11.6. The lowest BCUT2D eigenvalue weighted by Gasteiger charge is -2.28. The van der Waals surface area contributed by atoms with Gasteiger partial charge in [0.05, 0.1) is 11.0 Å². The first-order chi connectivity index (χ1) is 44.9. The van der Waals surface area contributed by atoms with Gasteiger partial charge in [-0.05, 0) is 201 Å². The highest BCUT2D eigenvalue weighted by Gasteiger charge is 2.37. The van der Waals surface area contributed by atoms with E-state index in [4.69, 9.17) is 0 Å². The molecule has 0 atom stereocenters. The van der Waals surface area contributed by atoms with E-state index in [2.05, 4.69) is 363 Å². The van der Waals surface area contributed by atoms with E-state index < -0.39 is 0 Å². The zero-order valence-corrected chi connectivity index (χ0v) is 50.7. The van der Waals surface area contributed by atoms with Crippen LogP contribution in [0.15, 0.2) is 340 Å². The predicted octanol–water partition coefficient (Wildman–Crippen LogP) is 24.5. The molecule has 17 rings (SSSR count). The number of para-hydroxylation sites is 1. The summed E-state index contributed by atoms with van der Waals surface area (Å²) in [4.78, 5) is 2.42. The highest BCUT2D eigenvalue weighted by molar-refractivity contribution is 6.22. The Labute approximate surface area is 531 Å². The van der Waals surface area contributed by atoms with Crippen LogP contribution in [0.4, 0.5) is 17.1 Å². The maximum atomic E-state index is 2.50. The van der Waals surface area contributed by atoms with E-state index in [0.29, 0.717) is 0 Å². The van der Waals surface area contributed by atoms with E-state index in [-0.39, 0.29) is 5.41 Å². The van der Waals surface area contributed by atoms with Gasteiger partial charge in [0, 0.05) is 38.9 Å².